The van der Waals surface area contributed by atoms with Crippen molar-refractivity contribution in [3.63, 3.8) is 0 Å². The molecule has 1 rings (SSSR count). The van der Waals surface area contributed by atoms with Gasteiger partial charge in [-0.2, -0.15) is 0 Å². The average molecular weight is 269 g/mol. The zero-order valence-corrected chi connectivity index (χ0v) is 11.8. The Morgan fingerprint density at radius 3 is 2.58 bits per heavy atom. The summed E-state index contributed by atoms with van der Waals surface area (Å²) >= 11 is 0. The summed E-state index contributed by atoms with van der Waals surface area (Å²) in [6.07, 6.45) is 2.36. The standard InChI is InChI=1S/C14H23NO4/c1-5-8-19-14(18)15-10(4)11(13(16)17)6-7-12(15)9(2)3/h5,9-12H,1,6-8H2,2-4H3,(H,16,17). The van der Waals surface area contributed by atoms with E-state index in [0.29, 0.717) is 12.8 Å². The van der Waals surface area contributed by atoms with Crippen molar-refractivity contribution in [2.45, 2.75) is 45.7 Å². The summed E-state index contributed by atoms with van der Waals surface area (Å²) in [4.78, 5) is 24.9. The number of rotatable bonds is 4. The van der Waals surface area contributed by atoms with Crippen LogP contribution in [-0.4, -0.2) is 40.8 Å². The fraction of sp³-hybridized carbons (Fsp3) is 0.714. The molecule has 3 unspecified atom stereocenters. The van der Waals surface area contributed by atoms with E-state index in [0.717, 1.165) is 0 Å². The third-order valence-corrected chi connectivity index (χ3v) is 3.77. The summed E-state index contributed by atoms with van der Waals surface area (Å²) in [5, 5.41) is 9.21. The third kappa shape index (κ3) is 3.49. The van der Waals surface area contributed by atoms with Gasteiger partial charge in [0.25, 0.3) is 0 Å². The molecule has 0 aromatic carbocycles. The number of carbonyl (C=O) groups excluding carboxylic acids is 1. The van der Waals surface area contributed by atoms with Gasteiger partial charge in [-0.1, -0.05) is 26.5 Å². The Morgan fingerprint density at radius 1 is 1.47 bits per heavy atom. The number of amides is 1. The number of carboxylic acid groups (broad SMARTS) is 1. The maximum Gasteiger partial charge on any atom is 0.410 e. The minimum atomic E-state index is -0.851. The lowest BCUT2D eigenvalue weighted by atomic mass is 9.83. The van der Waals surface area contributed by atoms with Crippen molar-refractivity contribution in [3.8, 4) is 0 Å². The number of carbonyl (C=O) groups is 2. The van der Waals surface area contributed by atoms with Crippen molar-refractivity contribution in [2.24, 2.45) is 11.8 Å². The van der Waals surface area contributed by atoms with E-state index < -0.39 is 18.0 Å². The van der Waals surface area contributed by atoms with Gasteiger partial charge in [0.05, 0.1) is 5.92 Å². The monoisotopic (exact) mass is 269 g/mol. The summed E-state index contributed by atoms with van der Waals surface area (Å²) < 4.78 is 5.09. The molecule has 1 amide bonds. The predicted molar refractivity (Wildman–Crippen MR) is 71.8 cm³/mol. The number of hydrogen-bond donors (Lipinski definition) is 1. The number of ether oxygens (including phenoxy) is 1. The molecule has 19 heavy (non-hydrogen) atoms. The number of likely N-dealkylation sites (tertiary alicyclic amines) is 1. The molecule has 1 N–H and O–H groups in total. The Balaban J connectivity index is 2.90. The number of carboxylic acids is 1. The molecule has 5 heteroatoms. The van der Waals surface area contributed by atoms with E-state index in [1.54, 1.807) is 11.8 Å². The fourth-order valence-electron chi connectivity index (χ4n) is 2.72. The van der Waals surface area contributed by atoms with Crippen LogP contribution in [0.2, 0.25) is 0 Å². The van der Waals surface area contributed by atoms with Gasteiger partial charge in [0.15, 0.2) is 0 Å². The fourth-order valence-corrected chi connectivity index (χ4v) is 2.72. The SMILES string of the molecule is C=CCOC(=O)N1C(C)C(C(=O)O)CCC1C(C)C. The van der Waals surface area contributed by atoms with E-state index in [4.69, 9.17) is 4.74 Å². The molecule has 1 saturated heterocycles. The van der Waals surface area contributed by atoms with Crippen molar-refractivity contribution >= 4 is 12.1 Å². The zero-order valence-electron chi connectivity index (χ0n) is 11.8. The predicted octanol–water partition coefficient (Wildman–Crippen LogP) is 2.52. The first-order valence-corrected chi connectivity index (χ1v) is 6.69. The maximum atomic E-state index is 12.1. The number of piperidine rings is 1. The Morgan fingerprint density at radius 2 is 2.11 bits per heavy atom. The van der Waals surface area contributed by atoms with Crippen LogP contribution >= 0.6 is 0 Å². The van der Waals surface area contributed by atoms with Crippen LogP contribution in [0.25, 0.3) is 0 Å². The molecule has 1 aliphatic heterocycles. The quantitative estimate of drug-likeness (QED) is 0.796. The molecule has 5 nitrogen and oxygen atoms in total. The summed E-state index contributed by atoms with van der Waals surface area (Å²) in [6, 6.07) is -0.320. The van der Waals surface area contributed by atoms with Crippen LogP contribution in [0.4, 0.5) is 4.79 Å². The highest BCUT2D eigenvalue weighted by molar-refractivity contribution is 5.74. The van der Waals surface area contributed by atoms with E-state index in [2.05, 4.69) is 6.58 Å². The largest absolute Gasteiger partial charge is 0.481 e. The summed E-state index contributed by atoms with van der Waals surface area (Å²) in [5.41, 5.74) is 0. The van der Waals surface area contributed by atoms with Gasteiger partial charge < -0.3 is 14.7 Å². The molecule has 1 aliphatic rings. The molecule has 1 heterocycles. The number of aliphatic carboxylic acids is 1. The lowest BCUT2D eigenvalue weighted by Gasteiger charge is -2.44. The van der Waals surface area contributed by atoms with E-state index in [1.165, 1.54) is 6.08 Å². The van der Waals surface area contributed by atoms with E-state index >= 15 is 0 Å². The van der Waals surface area contributed by atoms with Crippen LogP contribution < -0.4 is 0 Å². The van der Waals surface area contributed by atoms with Crippen LogP contribution in [0.5, 0.6) is 0 Å². The van der Waals surface area contributed by atoms with Gasteiger partial charge in [-0.15, -0.1) is 0 Å². The second-order valence-electron chi connectivity index (χ2n) is 5.35. The Kier molecular flexibility index (Phi) is 5.39. The molecule has 0 saturated carbocycles. The highest BCUT2D eigenvalue weighted by Crippen LogP contribution is 2.32. The van der Waals surface area contributed by atoms with Crippen molar-refractivity contribution in [3.05, 3.63) is 12.7 Å². The first kappa shape index (κ1) is 15.5. The molecule has 0 aliphatic carbocycles. The molecule has 0 aromatic rings. The topological polar surface area (TPSA) is 66.8 Å². The van der Waals surface area contributed by atoms with Crippen LogP contribution in [0.3, 0.4) is 0 Å². The highest BCUT2D eigenvalue weighted by atomic mass is 16.6. The number of hydrogen-bond acceptors (Lipinski definition) is 3. The van der Waals surface area contributed by atoms with Crippen molar-refractivity contribution in [1.29, 1.82) is 0 Å². The van der Waals surface area contributed by atoms with Gasteiger partial charge in [0.1, 0.15) is 6.61 Å². The zero-order chi connectivity index (χ0) is 14.6. The van der Waals surface area contributed by atoms with Gasteiger partial charge in [0.2, 0.25) is 0 Å². The summed E-state index contributed by atoms with van der Waals surface area (Å²) in [6.45, 7) is 9.50. The van der Waals surface area contributed by atoms with Gasteiger partial charge in [-0.25, -0.2) is 4.79 Å². The first-order chi connectivity index (χ1) is 8.90. The Bertz CT molecular complexity index is 353. The second-order valence-corrected chi connectivity index (χ2v) is 5.35. The average Bonchev–Trinajstić information content (AvgIpc) is 2.34. The Hall–Kier alpha value is -1.52. The molecule has 1 fully saturated rings. The van der Waals surface area contributed by atoms with Crippen LogP contribution in [0.1, 0.15) is 33.6 Å². The maximum absolute atomic E-state index is 12.1. The molecule has 0 radical (unpaired) electrons. The molecule has 0 bridgehead atoms. The van der Waals surface area contributed by atoms with Gasteiger partial charge in [-0.05, 0) is 25.7 Å². The second kappa shape index (κ2) is 6.59. The molecule has 0 aromatic heterocycles. The van der Waals surface area contributed by atoms with Crippen molar-refractivity contribution < 1.29 is 19.4 Å². The summed E-state index contributed by atoms with van der Waals surface area (Å²) in [5.74, 6) is -1.10. The molecular weight excluding hydrogens is 246 g/mol. The van der Waals surface area contributed by atoms with E-state index in [-0.39, 0.29) is 24.6 Å². The molecule has 3 atom stereocenters. The lowest BCUT2D eigenvalue weighted by Crippen LogP contribution is -2.56. The molecule has 0 spiro atoms. The van der Waals surface area contributed by atoms with E-state index in [1.807, 2.05) is 13.8 Å². The normalized spacial score (nSPS) is 27.2. The van der Waals surface area contributed by atoms with Gasteiger partial charge >= 0.3 is 12.1 Å². The molecular formula is C14H23NO4. The van der Waals surface area contributed by atoms with Crippen molar-refractivity contribution in [1.82, 2.24) is 4.90 Å². The van der Waals surface area contributed by atoms with Crippen LogP contribution in [-0.2, 0) is 9.53 Å². The van der Waals surface area contributed by atoms with E-state index in [9.17, 15) is 14.7 Å². The summed E-state index contributed by atoms with van der Waals surface area (Å²) in [7, 11) is 0. The lowest BCUT2D eigenvalue weighted by molar-refractivity contribution is -0.146. The third-order valence-electron chi connectivity index (χ3n) is 3.77. The van der Waals surface area contributed by atoms with Gasteiger partial charge in [0, 0.05) is 12.1 Å². The molecule has 108 valence electrons. The Labute approximate surface area is 114 Å². The van der Waals surface area contributed by atoms with Crippen molar-refractivity contribution in [2.75, 3.05) is 6.61 Å². The smallest absolute Gasteiger partial charge is 0.410 e. The van der Waals surface area contributed by atoms with Gasteiger partial charge in [-0.3, -0.25) is 4.79 Å². The van der Waals surface area contributed by atoms with Crippen LogP contribution in [0.15, 0.2) is 12.7 Å². The minimum Gasteiger partial charge on any atom is -0.481 e. The highest BCUT2D eigenvalue weighted by Gasteiger charge is 2.42. The first-order valence-electron chi connectivity index (χ1n) is 6.69. The minimum absolute atomic E-state index is 0.0305. The number of nitrogens with zero attached hydrogens (tertiary/aromatic N) is 1. The van der Waals surface area contributed by atoms with Crippen LogP contribution in [0, 0.1) is 11.8 Å².